The molecule has 6 heterocycles. The smallest absolute Gasteiger partial charge is 0.327 e. The fraction of sp³-hybridized carbons (Fsp3) is 0.409. The van der Waals surface area contributed by atoms with Gasteiger partial charge in [-0.15, -0.1) is 0 Å². The van der Waals surface area contributed by atoms with E-state index < -0.39 is 0 Å². The second-order valence-electron chi connectivity index (χ2n) is 8.49. The first-order valence-electron chi connectivity index (χ1n) is 11.0. The molecule has 2 fully saturated rings. The zero-order chi connectivity index (χ0) is 22.9. The lowest BCUT2D eigenvalue weighted by Crippen LogP contribution is -2.51. The fourth-order valence-corrected chi connectivity index (χ4v) is 5.02. The molecule has 0 saturated carbocycles. The summed E-state index contributed by atoms with van der Waals surface area (Å²) in [6, 6.07) is 6.77. The molecule has 0 spiro atoms. The number of fused-ring (bicyclic) bond motifs is 4. The molecule has 11 nitrogen and oxygen atoms in total. The Morgan fingerprint density at radius 2 is 2.00 bits per heavy atom. The molecule has 2 bridgehead atoms. The quantitative estimate of drug-likeness (QED) is 0.503. The molecule has 6 rings (SSSR count). The van der Waals surface area contributed by atoms with Crippen LogP contribution in [0, 0.1) is 6.92 Å². The van der Waals surface area contributed by atoms with E-state index in [2.05, 4.69) is 36.7 Å². The number of carbonyl (C=O) groups excluding carboxylic acids is 1. The van der Waals surface area contributed by atoms with Crippen LogP contribution in [0.25, 0.3) is 5.65 Å². The van der Waals surface area contributed by atoms with Crippen molar-refractivity contribution in [3.8, 4) is 0 Å². The zero-order valence-corrected chi connectivity index (χ0v) is 18.3. The predicted molar refractivity (Wildman–Crippen MR) is 123 cm³/mol. The van der Waals surface area contributed by atoms with Crippen molar-refractivity contribution in [3.05, 3.63) is 42.0 Å². The highest BCUT2D eigenvalue weighted by atomic mass is 16.3. The van der Waals surface area contributed by atoms with Crippen LogP contribution in [0.15, 0.2) is 30.6 Å². The van der Waals surface area contributed by atoms with Crippen molar-refractivity contribution in [1.29, 1.82) is 0 Å². The minimum Gasteiger partial charge on any atom is -0.483 e. The van der Waals surface area contributed by atoms with Crippen LogP contribution in [0.5, 0.6) is 0 Å². The maximum Gasteiger partial charge on any atom is 0.327 e. The van der Waals surface area contributed by atoms with Gasteiger partial charge in [-0.05, 0) is 44.4 Å². The van der Waals surface area contributed by atoms with Gasteiger partial charge < -0.3 is 20.6 Å². The number of aromatic nitrogens is 4. The first-order valence-corrected chi connectivity index (χ1v) is 11.0. The van der Waals surface area contributed by atoms with Crippen molar-refractivity contribution in [1.82, 2.24) is 24.9 Å². The van der Waals surface area contributed by atoms with Gasteiger partial charge in [0, 0.05) is 49.2 Å². The first-order chi connectivity index (χ1) is 16.1. The van der Waals surface area contributed by atoms with Crippen LogP contribution in [0.1, 0.15) is 24.2 Å². The summed E-state index contributed by atoms with van der Waals surface area (Å²) in [5, 5.41) is 17.9. The highest BCUT2D eigenvalue weighted by molar-refractivity contribution is 6.03. The average Bonchev–Trinajstić information content (AvgIpc) is 3.49. The molecule has 33 heavy (non-hydrogen) atoms. The Morgan fingerprint density at radius 3 is 2.76 bits per heavy atom. The number of pyridine rings is 2. The number of amides is 2. The summed E-state index contributed by atoms with van der Waals surface area (Å²) in [7, 11) is 0. The first kappa shape index (κ1) is 21.1. The van der Waals surface area contributed by atoms with Gasteiger partial charge in [-0.3, -0.25) is 9.69 Å². The third-order valence-electron chi connectivity index (χ3n) is 6.34. The van der Waals surface area contributed by atoms with E-state index in [4.69, 9.17) is 9.90 Å². The summed E-state index contributed by atoms with van der Waals surface area (Å²) in [4.78, 5) is 34.5. The maximum absolute atomic E-state index is 13.0. The number of piperazine rings is 1. The summed E-state index contributed by atoms with van der Waals surface area (Å²) >= 11 is 0. The molecule has 3 aliphatic heterocycles. The molecule has 0 aromatic carbocycles. The van der Waals surface area contributed by atoms with E-state index in [1.165, 1.54) is 24.1 Å². The molecule has 3 aromatic heterocycles. The number of rotatable bonds is 2. The Labute approximate surface area is 190 Å². The largest absolute Gasteiger partial charge is 0.483 e. The molecule has 2 amide bonds. The van der Waals surface area contributed by atoms with Gasteiger partial charge in [-0.25, -0.2) is 19.3 Å². The molecule has 0 aliphatic carbocycles. The second kappa shape index (κ2) is 8.66. The Hall–Kier alpha value is -3.73. The van der Waals surface area contributed by atoms with Gasteiger partial charge in [0.05, 0.1) is 11.9 Å². The number of nitrogens with zero attached hydrogens (tertiary/aromatic N) is 6. The highest BCUT2D eigenvalue weighted by Gasteiger charge is 2.35. The van der Waals surface area contributed by atoms with Crippen LogP contribution in [0.2, 0.25) is 0 Å². The third kappa shape index (κ3) is 4.07. The number of urea groups is 1. The normalized spacial score (nSPS) is 20.9. The SMILES string of the molecule is Cc1nc2ccc(NC(=O)N3CCc4c(N5CC6CCC(C5)N6)ccnc43)cn2n1.O=CO. The van der Waals surface area contributed by atoms with Gasteiger partial charge in [0.25, 0.3) is 6.47 Å². The Kier molecular flexibility index (Phi) is 5.55. The van der Waals surface area contributed by atoms with Crippen molar-refractivity contribution in [3.63, 3.8) is 0 Å². The number of aryl methyl sites for hydroxylation is 1. The Morgan fingerprint density at radius 1 is 1.24 bits per heavy atom. The number of anilines is 3. The summed E-state index contributed by atoms with van der Waals surface area (Å²) < 4.78 is 1.68. The summed E-state index contributed by atoms with van der Waals surface area (Å²) in [6.07, 6.45) is 6.93. The molecule has 3 N–H and O–H groups in total. The van der Waals surface area contributed by atoms with Gasteiger partial charge in [-0.2, -0.15) is 5.10 Å². The summed E-state index contributed by atoms with van der Waals surface area (Å²) in [5.74, 6) is 1.47. The molecule has 0 radical (unpaired) electrons. The van der Waals surface area contributed by atoms with Gasteiger partial charge in [0.15, 0.2) is 5.65 Å². The van der Waals surface area contributed by atoms with Crippen molar-refractivity contribution < 1.29 is 14.7 Å². The van der Waals surface area contributed by atoms with Crippen LogP contribution >= 0.6 is 0 Å². The standard InChI is InChI=1S/C21H24N8O.CH2O2/c1-13-23-19-5-4-16(12-29(19)26-13)25-21(30)28-9-7-17-18(6-8-22-20(17)28)27-10-14-2-3-15(11-27)24-14;2-1-3/h4-6,8,12,14-15,24H,2-3,7,9-11H2,1H3,(H,25,30);1H,(H,2,3). The number of carboxylic acid groups (broad SMARTS) is 1. The summed E-state index contributed by atoms with van der Waals surface area (Å²) in [6.45, 7) is 4.28. The average molecular weight is 451 g/mol. The van der Waals surface area contributed by atoms with E-state index in [1.807, 2.05) is 25.3 Å². The van der Waals surface area contributed by atoms with Crippen molar-refractivity contribution in [2.24, 2.45) is 0 Å². The lowest BCUT2D eigenvalue weighted by molar-refractivity contribution is -0.122. The molecule has 2 atom stereocenters. The van der Waals surface area contributed by atoms with Crippen molar-refractivity contribution in [2.45, 2.75) is 38.3 Å². The van der Waals surface area contributed by atoms with Gasteiger partial charge in [-0.1, -0.05) is 0 Å². The Balaban J connectivity index is 0.000000724. The van der Waals surface area contributed by atoms with Gasteiger partial charge in [0.2, 0.25) is 0 Å². The van der Waals surface area contributed by atoms with E-state index in [0.29, 0.717) is 30.1 Å². The molecule has 2 saturated heterocycles. The molecule has 11 heteroatoms. The maximum atomic E-state index is 13.0. The van der Waals surface area contributed by atoms with Crippen molar-refractivity contribution >= 4 is 35.3 Å². The van der Waals surface area contributed by atoms with Crippen LogP contribution < -0.4 is 20.4 Å². The number of nitrogens with one attached hydrogen (secondary N) is 2. The van der Waals surface area contributed by atoms with Crippen LogP contribution in [-0.2, 0) is 11.2 Å². The van der Waals surface area contributed by atoms with Crippen LogP contribution in [-0.4, -0.2) is 68.9 Å². The minimum absolute atomic E-state index is 0.171. The highest BCUT2D eigenvalue weighted by Crippen LogP contribution is 2.36. The summed E-state index contributed by atoms with van der Waals surface area (Å²) in [5.41, 5.74) is 3.85. The van der Waals surface area contributed by atoms with E-state index in [-0.39, 0.29) is 12.5 Å². The lowest BCUT2D eigenvalue weighted by atomic mass is 10.1. The fourth-order valence-electron chi connectivity index (χ4n) is 5.02. The molecule has 172 valence electrons. The Bertz CT molecular complexity index is 1180. The van der Waals surface area contributed by atoms with Gasteiger partial charge in [0.1, 0.15) is 11.6 Å². The van der Waals surface area contributed by atoms with E-state index in [9.17, 15) is 4.79 Å². The van der Waals surface area contributed by atoms with Crippen LogP contribution in [0.3, 0.4) is 0 Å². The topological polar surface area (TPSA) is 128 Å². The number of hydrogen-bond acceptors (Lipinski definition) is 7. The van der Waals surface area contributed by atoms with E-state index >= 15 is 0 Å². The van der Waals surface area contributed by atoms with Crippen LogP contribution in [0.4, 0.5) is 22.0 Å². The minimum atomic E-state index is -0.250. The zero-order valence-electron chi connectivity index (χ0n) is 18.3. The predicted octanol–water partition coefficient (Wildman–Crippen LogP) is 1.67. The molecule has 3 aliphatic rings. The third-order valence-corrected chi connectivity index (χ3v) is 6.34. The molecule has 2 unspecified atom stereocenters. The molecular weight excluding hydrogens is 424 g/mol. The number of carbonyl (C=O) groups is 2. The molecular formula is C22H26N8O3. The monoisotopic (exact) mass is 450 g/mol. The van der Waals surface area contributed by atoms with Gasteiger partial charge >= 0.3 is 6.03 Å². The second-order valence-corrected chi connectivity index (χ2v) is 8.49. The lowest BCUT2D eigenvalue weighted by Gasteiger charge is -2.35. The number of hydrogen-bond donors (Lipinski definition) is 3. The van der Waals surface area contributed by atoms with E-state index in [1.54, 1.807) is 15.6 Å². The molecule has 3 aromatic rings. The van der Waals surface area contributed by atoms with E-state index in [0.717, 1.165) is 31.0 Å². The van der Waals surface area contributed by atoms with Crippen molar-refractivity contribution in [2.75, 3.05) is 34.8 Å².